The number of carbonyl (C=O) groups excluding carboxylic acids is 1. The predicted octanol–water partition coefficient (Wildman–Crippen LogP) is 0.840. The quantitative estimate of drug-likeness (QED) is 0.805. The zero-order valence-electron chi connectivity index (χ0n) is 13.8. The molecule has 0 radical (unpaired) electrons. The summed E-state index contributed by atoms with van der Waals surface area (Å²) in [5, 5.41) is 0. The van der Waals surface area contributed by atoms with Crippen molar-refractivity contribution in [2.24, 2.45) is 17.6 Å². The molecule has 1 aliphatic heterocycles. The fourth-order valence-corrected chi connectivity index (χ4v) is 5.40. The average Bonchev–Trinajstić information content (AvgIpc) is 3.16. The number of carbonyl (C=O) groups is 1. The van der Waals surface area contributed by atoms with Gasteiger partial charge in [-0.1, -0.05) is 0 Å². The number of fused-ring (bicyclic) bond motifs is 1. The van der Waals surface area contributed by atoms with Gasteiger partial charge in [-0.25, -0.2) is 13.2 Å². The van der Waals surface area contributed by atoms with Gasteiger partial charge in [0.05, 0.1) is 19.8 Å². The standard InChI is InChI=1S/C16H22N2O5S/c1-22-14-7-10(16(19)23-2)4-6-15(14)24(20,21)18-8-11-3-5-13(17)12(11)9-18/h4,6-7,11-13H,3,5,8-9,17H2,1-2H3. The van der Waals surface area contributed by atoms with Crippen LogP contribution in [0.25, 0.3) is 0 Å². The molecule has 1 saturated heterocycles. The third kappa shape index (κ3) is 2.78. The Labute approximate surface area is 141 Å². The number of esters is 1. The van der Waals surface area contributed by atoms with Gasteiger partial charge < -0.3 is 15.2 Å². The molecular weight excluding hydrogens is 332 g/mol. The SMILES string of the molecule is COC(=O)c1ccc(S(=O)(=O)N2CC3CCC(N)C3C2)c(OC)c1. The highest BCUT2D eigenvalue weighted by atomic mass is 32.2. The van der Waals surface area contributed by atoms with E-state index in [9.17, 15) is 13.2 Å². The van der Waals surface area contributed by atoms with Crippen molar-refractivity contribution in [1.82, 2.24) is 4.31 Å². The van der Waals surface area contributed by atoms with Gasteiger partial charge in [-0.05, 0) is 42.9 Å². The topological polar surface area (TPSA) is 98.9 Å². The summed E-state index contributed by atoms with van der Waals surface area (Å²) in [5.41, 5.74) is 6.34. The molecule has 3 atom stereocenters. The van der Waals surface area contributed by atoms with E-state index < -0.39 is 16.0 Å². The average molecular weight is 354 g/mol. The minimum Gasteiger partial charge on any atom is -0.495 e. The first-order valence-electron chi connectivity index (χ1n) is 7.90. The van der Waals surface area contributed by atoms with E-state index in [0.29, 0.717) is 19.0 Å². The molecule has 2 N–H and O–H groups in total. The van der Waals surface area contributed by atoms with Gasteiger partial charge in [0.25, 0.3) is 0 Å². The van der Waals surface area contributed by atoms with E-state index in [2.05, 4.69) is 4.74 Å². The minimum absolute atomic E-state index is 0.0613. The van der Waals surface area contributed by atoms with E-state index in [1.165, 1.54) is 36.7 Å². The molecule has 0 aromatic heterocycles. The van der Waals surface area contributed by atoms with Gasteiger partial charge in [0.1, 0.15) is 10.6 Å². The molecule has 2 fully saturated rings. The molecule has 1 heterocycles. The van der Waals surface area contributed by atoms with Crippen molar-refractivity contribution < 1.29 is 22.7 Å². The Morgan fingerprint density at radius 3 is 2.62 bits per heavy atom. The Hall–Kier alpha value is -1.64. The van der Waals surface area contributed by atoms with E-state index in [1.54, 1.807) is 0 Å². The summed E-state index contributed by atoms with van der Waals surface area (Å²) in [6, 6.07) is 4.29. The van der Waals surface area contributed by atoms with Crippen LogP contribution in [0.4, 0.5) is 0 Å². The molecule has 0 bridgehead atoms. The molecule has 1 aliphatic carbocycles. The molecule has 24 heavy (non-hydrogen) atoms. The van der Waals surface area contributed by atoms with Crippen LogP contribution in [-0.2, 0) is 14.8 Å². The molecule has 132 valence electrons. The Balaban J connectivity index is 1.91. The Morgan fingerprint density at radius 1 is 1.25 bits per heavy atom. The number of nitrogens with two attached hydrogens (primary N) is 1. The van der Waals surface area contributed by atoms with Crippen LogP contribution < -0.4 is 10.5 Å². The summed E-state index contributed by atoms with van der Waals surface area (Å²) in [4.78, 5) is 11.7. The van der Waals surface area contributed by atoms with Crippen molar-refractivity contribution in [2.45, 2.75) is 23.8 Å². The molecule has 0 amide bonds. The number of hydrogen-bond donors (Lipinski definition) is 1. The maximum atomic E-state index is 13.0. The van der Waals surface area contributed by atoms with Crippen LogP contribution in [-0.4, -0.2) is 52.0 Å². The second kappa shape index (κ2) is 6.34. The van der Waals surface area contributed by atoms with Crippen LogP contribution >= 0.6 is 0 Å². The summed E-state index contributed by atoms with van der Waals surface area (Å²) in [5.74, 6) is 0.147. The maximum Gasteiger partial charge on any atom is 0.337 e. The van der Waals surface area contributed by atoms with Gasteiger partial charge in [-0.2, -0.15) is 4.31 Å². The summed E-state index contributed by atoms with van der Waals surface area (Å²) >= 11 is 0. The highest BCUT2D eigenvalue weighted by Crippen LogP contribution is 2.40. The van der Waals surface area contributed by atoms with E-state index in [4.69, 9.17) is 10.5 Å². The Kier molecular flexibility index (Phi) is 4.54. The van der Waals surface area contributed by atoms with Crippen LogP contribution in [0.2, 0.25) is 0 Å². The van der Waals surface area contributed by atoms with Gasteiger partial charge in [0.15, 0.2) is 0 Å². The fourth-order valence-electron chi connectivity index (χ4n) is 3.73. The van der Waals surface area contributed by atoms with Gasteiger partial charge in [0.2, 0.25) is 10.0 Å². The molecule has 1 saturated carbocycles. The summed E-state index contributed by atoms with van der Waals surface area (Å²) < 4.78 is 37.3. The first-order chi connectivity index (χ1) is 11.4. The molecular formula is C16H22N2O5S. The molecule has 0 spiro atoms. The van der Waals surface area contributed by atoms with E-state index in [1.807, 2.05) is 0 Å². The highest BCUT2D eigenvalue weighted by molar-refractivity contribution is 7.89. The number of sulfonamides is 1. The second-order valence-electron chi connectivity index (χ2n) is 6.34. The number of methoxy groups -OCH3 is 2. The van der Waals surface area contributed by atoms with Crippen LogP contribution in [0.15, 0.2) is 23.1 Å². The van der Waals surface area contributed by atoms with E-state index in [0.717, 1.165) is 12.8 Å². The maximum absolute atomic E-state index is 13.0. The smallest absolute Gasteiger partial charge is 0.337 e. The largest absolute Gasteiger partial charge is 0.495 e. The lowest BCUT2D eigenvalue weighted by Crippen LogP contribution is -2.33. The normalized spacial score (nSPS) is 27.0. The first kappa shape index (κ1) is 17.2. The van der Waals surface area contributed by atoms with Crippen molar-refractivity contribution in [3.63, 3.8) is 0 Å². The van der Waals surface area contributed by atoms with E-state index in [-0.39, 0.29) is 28.2 Å². The predicted molar refractivity (Wildman–Crippen MR) is 87.3 cm³/mol. The lowest BCUT2D eigenvalue weighted by atomic mass is 9.98. The molecule has 1 aromatic carbocycles. The lowest BCUT2D eigenvalue weighted by Gasteiger charge is -2.20. The Morgan fingerprint density at radius 2 is 2.00 bits per heavy atom. The molecule has 2 aliphatic rings. The summed E-state index contributed by atoms with van der Waals surface area (Å²) in [6.07, 6.45) is 1.93. The van der Waals surface area contributed by atoms with Gasteiger partial charge >= 0.3 is 5.97 Å². The van der Waals surface area contributed by atoms with Crippen LogP contribution in [0, 0.1) is 11.8 Å². The zero-order valence-corrected chi connectivity index (χ0v) is 14.6. The highest BCUT2D eigenvalue weighted by Gasteiger charge is 2.45. The second-order valence-corrected chi connectivity index (χ2v) is 8.25. The van der Waals surface area contributed by atoms with Gasteiger partial charge in [-0.3, -0.25) is 0 Å². The minimum atomic E-state index is -3.70. The third-order valence-corrected chi connectivity index (χ3v) is 6.95. The number of hydrogen-bond acceptors (Lipinski definition) is 6. The monoisotopic (exact) mass is 354 g/mol. The van der Waals surface area contributed by atoms with E-state index >= 15 is 0 Å². The molecule has 8 heteroatoms. The Bertz CT molecular complexity index is 749. The van der Waals surface area contributed by atoms with Crippen molar-refractivity contribution >= 4 is 16.0 Å². The third-order valence-electron chi connectivity index (χ3n) is 5.08. The summed E-state index contributed by atoms with van der Waals surface area (Å²) in [7, 11) is -1.05. The first-order valence-corrected chi connectivity index (χ1v) is 9.34. The molecule has 1 aromatic rings. The number of benzene rings is 1. The molecule has 3 unspecified atom stereocenters. The van der Waals surface area contributed by atoms with Crippen molar-refractivity contribution in [1.29, 1.82) is 0 Å². The number of ether oxygens (including phenoxy) is 2. The van der Waals surface area contributed by atoms with Crippen LogP contribution in [0.5, 0.6) is 5.75 Å². The summed E-state index contributed by atoms with van der Waals surface area (Å²) in [6.45, 7) is 0.929. The van der Waals surface area contributed by atoms with Crippen molar-refractivity contribution in [2.75, 3.05) is 27.3 Å². The zero-order chi connectivity index (χ0) is 17.5. The van der Waals surface area contributed by atoms with Crippen molar-refractivity contribution in [3.8, 4) is 5.75 Å². The van der Waals surface area contributed by atoms with Crippen LogP contribution in [0.3, 0.4) is 0 Å². The van der Waals surface area contributed by atoms with Crippen molar-refractivity contribution in [3.05, 3.63) is 23.8 Å². The number of rotatable bonds is 4. The molecule has 7 nitrogen and oxygen atoms in total. The molecule has 3 rings (SSSR count). The lowest BCUT2D eigenvalue weighted by molar-refractivity contribution is 0.0600. The van der Waals surface area contributed by atoms with Crippen LogP contribution in [0.1, 0.15) is 23.2 Å². The van der Waals surface area contributed by atoms with Gasteiger partial charge in [-0.15, -0.1) is 0 Å². The number of nitrogens with zero attached hydrogens (tertiary/aromatic N) is 1. The van der Waals surface area contributed by atoms with Gasteiger partial charge in [0, 0.05) is 19.1 Å². The fraction of sp³-hybridized carbons (Fsp3) is 0.562.